The molecule has 0 heterocycles. The van der Waals surface area contributed by atoms with Gasteiger partial charge >= 0.3 is 0 Å². The molecule has 0 aliphatic rings. The third kappa shape index (κ3) is 7.56. The van der Waals surface area contributed by atoms with Crippen LogP contribution in [0, 0.1) is 5.92 Å². The summed E-state index contributed by atoms with van der Waals surface area (Å²) in [6.45, 7) is 10.8. The van der Waals surface area contributed by atoms with E-state index in [-0.39, 0.29) is 29.7 Å². The maximum Gasteiger partial charge on any atom is 0.239 e. The average Bonchev–Trinajstić information content (AvgIpc) is 2.55. The molecule has 0 aliphatic heterocycles. The molecular formula is C19H31N3O3. The predicted molar refractivity (Wildman–Crippen MR) is 99.5 cm³/mol. The van der Waals surface area contributed by atoms with E-state index in [1.54, 1.807) is 0 Å². The fourth-order valence-electron chi connectivity index (χ4n) is 2.06. The van der Waals surface area contributed by atoms with E-state index in [1.807, 2.05) is 38.1 Å². The second-order valence-corrected chi connectivity index (χ2v) is 7.46. The number of nitrogens with one attached hydrogen (secondary N) is 2. The lowest BCUT2D eigenvalue weighted by Crippen LogP contribution is -2.47. The summed E-state index contributed by atoms with van der Waals surface area (Å²) in [7, 11) is 0. The molecule has 4 N–H and O–H groups in total. The van der Waals surface area contributed by atoms with Gasteiger partial charge in [-0.1, -0.05) is 46.8 Å². The summed E-state index contributed by atoms with van der Waals surface area (Å²) < 4.78 is 5.60. The van der Waals surface area contributed by atoms with E-state index >= 15 is 0 Å². The van der Waals surface area contributed by atoms with Gasteiger partial charge in [-0.15, -0.1) is 0 Å². The van der Waals surface area contributed by atoms with E-state index in [9.17, 15) is 9.59 Å². The van der Waals surface area contributed by atoms with Crippen molar-refractivity contribution in [3.05, 3.63) is 29.8 Å². The van der Waals surface area contributed by atoms with E-state index in [0.717, 1.165) is 5.75 Å². The molecule has 0 bridgehead atoms. The summed E-state index contributed by atoms with van der Waals surface area (Å²) in [6, 6.07) is 7.33. The topological polar surface area (TPSA) is 93.5 Å². The van der Waals surface area contributed by atoms with E-state index in [4.69, 9.17) is 10.5 Å². The molecule has 25 heavy (non-hydrogen) atoms. The van der Waals surface area contributed by atoms with Crippen molar-refractivity contribution in [2.45, 2.75) is 46.1 Å². The van der Waals surface area contributed by atoms with E-state index < -0.39 is 6.04 Å². The summed E-state index contributed by atoms with van der Waals surface area (Å²) >= 11 is 0. The molecule has 0 radical (unpaired) electrons. The largest absolute Gasteiger partial charge is 0.492 e. The second kappa shape index (κ2) is 9.42. The Morgan fingerprint density at radius 2 is 1.72 bits per heavy atom. The highest BCUT2D eigenvalue weighted by Gasteiger charge is 2.17. The minimum Gasteiger partial charge on any atom is -0.492 e. The van der Waals surface area contributed by atoms with Crippen LogP contribution in [0.1, 0.15) is 40.2 Å². The maximum absolute atomic E-state index is 11.7. The zero-order valence-corrected chi connectivity index (χ0v) is 15.9. The molecule has 6 heteroatoms. The number of hydrogen-bond donors (Lipinski definition) is 3. The van der Waals surface area contributed by atoms with Gasteiger partial charge in [0.2, 0.25) is 11.8 Å². The molecule has 1 atom stereocenters. The molecule has 0 fully saturated rings. The van der Waals surface area contributed by atoms with Crippen molar-refractivity contribution in [3.8, 4) is 5.75 Å². The van der Waals surface area contributed by atoms with E-state index in [0.29, 0.717) is 13.2 Å². The van der Waals surface area contributed by atoms with Crippen LogP contribution in [0.25, 0.3) is 0 Å². The van der Waals surface area contributed by atoms with Gasteiger partial charge in [-0.05, 0) is 29.0 Å². The predicted octanol–water partition coefficient (Wildman–Crippen LogP) is 1.58. The van der Waals surface area contributed by atoms with E-state index in [2.05, 4.69) is 31.4 Å². The number of nitrogens with two attached hydrogens (primary N) is 1. The molecule has 140 valence electrons. The molecule has 0 spiro atoms. The highest BCUT2D eigenvalue weighted by molar-refractivity contribution is 5.87. The third-order valence-corrected chi connectivity index (χ3v) is 3.86. The van der Waals surface area contributed by atoms with Crippen LogP contribution in [0.4, 0.5) is 0 Å². The normalized spacial score (nSPS) is 12.6. The number of hydrogen-bond acceptors (Lipinski definition) is 4. The molecule has 0 saturated carbocycles. The fourth-order valence-corrected chi connectivity index (χ4v) is 2.06. The minimum absolute atomic E-state index is 0.0288. The van der Waals surface area contributed by atoms with Crippen molar-refractivity contribution in [2.75, 3.05) is 19.7 Å². The van der Waals surface area contributed by atoms with Crippen molar-refractivity contribution in [2.24, 2.45) is 11.7 Å². The fraction of sp³-hybridized carbons (Fsp3) is 0.579. The highest BCUT2D eigenvalue weighted by atomic mass is 16.5. The Balaban J connectivity index is 2.25. The van der Waals surface area contributed by atoms with Crippen LogP contribution < -0.4 is 21.1 Å². The summed E-state index contributed by atoms with van der Waals surface area (Å²) in [4.78, 5) is 23.3. The van der Waals surface area contributed by atoms with Crippen LogP contribution >= 0.6 is 0 Å². The summed E-state index contributed by atoms with van der Waals surface area (Å²) in [5, 5.41) is 5.22. The smallest absolute Gasteiger partial charge is 0.239 e. The van der Waals surface area contributed by atoms with Crippen LogP contribution in [0.15, 0.2) is 24.3 Å². The van der Waals surface area contributed by atoms with Crippen molar-refractivity contribution in [3.63, 3.8) is 0 Å². The SMILES string of the molecule is CC(C)[C@H](N)C(=O)NCC(=O)NCCOc1ccc(C(C)(C)C)cc1. The first-order valence-corrected chi connectivity index (χ1v) is 8.64. The molecule has 0 aliphatic carbocycles. The standard InChI is InChI=1S/C19H31N3O3/c1-13(2)17(20)18(24)22-12-16(23)21-10-11-25-15-8-6-14(7-9-15)19(3,4)5/h6-9,13,17H,10-12,20H2,1-5H3,(H,21,23)(H,22,24)/t17-/m0/s1. The second-order valence-electron chi connectivity index (χ2n) is 7.46. The van der Waals surface area contributed by atoms with Crippen molar-refractivity contribution in [1.82, 2.24) is 10.6 Å². The van der Waals surface area contributed by atoms with Gasteiger partial charge < -0.3 is 21.1 Å². The molecule has 2 amide bonds. The van der Waals surface area contributed by atoms with Gasteiger partial charge in [0.15, 0.2) is 0 Å². The minimum atomic E-state index is -0.604. The number of amides is 2. The van der Waals surface area contributed by atoms with Crippen LogP contribution in [0.3, 0.4) is 0 Å². The number of ether oxygens (including phenoxy) is 1. The average molecular weight is 349 g/mol. The highest BCUT2D eigenvalue weighted by Crippen LogP contribution is 2.24. The zero-order valence-electron chi connectivity index (χ0n) is 15.9. The Bertz CT molecular complexity index is 562. The molecule has 1 aromatic rings. The van der Waals surface area contributed by atoms with Gasteiger partial charge in [-0.25, -0.2) is 0 Å². The lowest BCUT2D eigenvalue weighted by molar-refractivity contribution is -0.127. The third-order valence-electron chi connectivity index (χ3n) is 3.86. The van der Waals surface area contributed by atoms with Crippen LogP contribution in [0.5, 0.6) is 5.75 Å². The number of carbonyl (C=O) groups excluding carboxylic acids is 2. The summed E-state index contributed by atoms with van der Waals surface area (Å²) in [6.07, 6.45) is 0. The Hall–Kier alpha value is -2.08. The van der Waals surface area contributed by atoms with Crippen LogP contribution in [-0.2, 0) is 15.0 Å². The number of carbonyl (C=O) groups is 2. The first kappa shape index (κ1) is 21.0. The quantitative estimate of drug-likeness (QED) is 0.621. The zero-order chi connectivity index (χ0) is 19.0. The van der Waals surface area contributed by atoms with Crippen molar-refractivity contribution in [1.29, 1.82) is 0 Å². The molecule has 0 saturated heterocycles. The summed E-state index contributed by atoms with van der Waals surface area (Å²) in [5.74, 6) is 0.205. The van der Waals surface area contributed by atoms with Gasteiger partial charge in [0, 0.05) is 0 Å². The van der Waals surface area contributed by atoms with Crippen LogP contribution in [0.2, 0.25) is 0 Å². The number of rotatable bonds is 8. The Morgan fingerprint density at radius 3 is 2.24 bits per heavy atom. The summed E-state index contributed by atoms with van der Waals surface area (Å²) in [5.41, 5.74) is 7.05. The lowest BCUT2D eigenvalue weighted by Gasteiger charge is -2.19. The van der Waals surface area contributed by atoms with Crippen molar-refractivity contribution >= 4 is 11.8 Å². The molecule has 0 unspecified atom stereocenters. The molecule has 1 rings (SSSR count). The van der Waals surface area contributed by atoms with Crippen LogP contribution in [-0.4, -0.2) is 37.6 Å². The van der Waals surface area contributed by atoms with E-state index in [1.165, 1.54) is 5.56 Å². The maximum atomic E-state index is 11.7. The Labute approximate surface area is 150 Å². The van der Waals surface area contributed by atoms with Gasteiger partial charge in [-0.3, -0.25) is 9.59 Å². The first-order valence-electron chi connectivity index (χ1n) is 8.64. The Morgan fingerprint density at radius 1 is 1.12 bits per heavy atom. The first-order chi connectivity index (χ1) is 11.6. The molecule has 1 aromatic carbocycles. The lowest BCUT2D eigenvalue weighted by atomic mass is 9.87. The molecule has 0 aromatic heterocycles. The Kier molecular flexibility index (Phi) is 7.90. The van der Waals surface area contributed by atoms with Gasteiger partial charge in [-0.2, -0.15) is 0 Å². The van der Waals surface area contributed by atoms with Gasteiger partial charge in [0.05, 0.1) is 19.1 Å². The van der Waals surface area contributed by atoms with Gasteiger partial charge in [0.25, 0.3) is 0 Å². The van der Waals surface area contributed by atoms with Crippen molar-refractivity contribution < 1.29 is 14.3 Å². The molecular weight excluding hydrogens is 318 g/mol. The molecule has 6 nitrogen and oxygen atoms in total. The van der Waals surface area contributed by atoms with Gasteiger partial charge in [0.1, 0.15) is 12.4 Å². The number of benzene rings is 1. The monoisotopic (exact) mass is 349 g/mol.